The Morgan fingerprint density at radius 2 is 2.00 bits per heavy atom. The lowest BCUT2D eigenvalue weighted by atomic mass is 10.1. The van der Waals surface area contributed by atoms with Crippen LogP contribution in [0.5, 0.6) is 0 Å². The Morgan fingerprint density at radius 3 is 2.44 bits per heavy atom. The van der Waals surface area contributed by atoms with Crippen molar-refractivity contribution in [2.75, 3.05) is 5.32 Å². The van der Waals surface area contributed by atoms with Crippen LogP contribution in [0, 0.1) is 6.92 Å². The molecular formula is C11H15N3O2. The molecule has 0 saturated carbocycles. The fourth-order valence-electron chi connectivity index (χ4n) is 1.20. The highest BCUT2D eigenvalue weighted by Crippen LogP contribution is 2.16. The van der Waals surface area contributed by atoms with Gasteiger partial charge in [-0.15, -0.1) is 0 Å². The second-order valence-corrected chi connectivity index (χ2v) is 3.67. The zero-order chi connectivity index (χ0) is 12.3. The Bertz CT molecular complexity index is 427. The number of benzene rings is 1. The van der Waals surface area contributed by atoms with Crippen molar-refractivity contribution in [1.82, 2.24) is 0 Å². The third-order valence-electron chi connectivity index (χ3n) is 2.18. The van der Waals surface area contributed by atoms with Crippen LogP contribution < -0.4 is 16.8 Å². The first-order valence-electron chi connectivity index (χ1n) is 4.88. The van der Waals surface area contributed by atoms with Gasteiger partial charge in [0.05, 0.1) is 6.04 Å². The first kappa shape index (κ1) is 12.2. The Morgan fingerprint density at radius 1 is 1.38 bits per heavy atom. The Balaban J connectivity index is 2.91. The summed E-state index contributed by atoms with van der Waals surface area (Å²) in [6.07, 6.45) is 0. The molecule has 1 atom stereocenters. The van der Waals surface area contributed by atoms with Gasteiger partial charge in [-0.2, -0.15) is 0 Å². The van der Waals surface area contributed by atoms with Crippen LogP contribution in [0.4, 0.5) is 5.69 Å². The Hall–Kier alpha value is -1.88. The maximum atomic E-state index is 11.4. The molecule has 1 rings (SSSR count). The van der Waals surface area contributed by atoms with Crippen LogP contribution in [0.25, 0.3) is 0 Å². The summed E-state index contributed by atoms with van der Waals surface area (Å²) in [5, 5.41) is 2.66. The minimum absolute atomic E-state index is 0.269. The van der Waals surface area contributed by atoms with Gasteiger partial charge in [0.2, 0.25) is 11.8 Å². The van der Waals surface area contributed by atoms with E-state index < -0.39 is 11.9 Å². The molecule has 0 bridgehead atoms. The fourth-order valence-corrected chi connectivity index (χ4v) is 1.20. The van der Waals surface area contributed by atoms with E-state index in [9.17, 15) is 9.59 Å². The van der Waals surface area contributed by atoms with Gasteiger partial charge in [0.1, 0.15) is 0 Å². The zero-order valence-electron chi connectivity index (χ0n) is 9.28. The van der Waals surface area contributed by atoms with Crippen LogP contribution in [0.15, 0.2) is 18.2 Å². The van der Waals surface area contributed by atoms with E-state index >= 15 is 0 Å². The predicted octanol–water partition coefficient (Wildman–Crippen LogP) is 0.380. The van der Waals surface area contributed by atoms with E-state index in [0.29, 0.717) is 11.3 Å². The molecule has 0 aliphatic carbocycles. The monoisotopic (exact) mass is 221 g/mol. The molecule has 1 aromatic rings. The number of nitrogens with one attached hydrogen (secondary N) is 1. The third-order valence-corrected chi connectivity index (χ3v) is 2.18. The van der Waals surface area contributed by atoms with Gasteiger partial charge in [-0.05, 0) is 37.6 Å². The first-order valence-corrected chi connectivity index (χ1v) is 4.88. The summed E-state index contributed by atoms with van der Waals surface area (Å²) < 4.78 is 0. The number of carbonyl (C=O) groups excluding carboxylic acids is 2. The van der Waals surface area contributed by atoms with Crippen molar-refractivity contribution < 1.29 is 9.59 Å². The van der Waals surface area contributed by atoms with Crippen molar-refractivity contribution in [2.24, 2.45) is 11.5 Å². The molecule has 86 valence electrons. The van der Waals surface area contributed by atoms with Gasteiger partial charge in [-0.3, -0.25) is 9.59 Å². The number of rotatable bonds is 3. The van der Waals surface area contributed by atoms with Crippen molar-refractivity contribution in [2.45, 2.75) is 19.9 Å². The molecule has 2 amide bonds. The molecule has 5 heteroatoms. The quantitative estimate of drug-likeness (QED) is 0.688. The van der Waals surface area contributed by atoms with Gasteiger partial charge in [-0.1, -0.05) is 0 Å². The lowest BCUT2D eigenvalue weighted by Gasteiger charge is -2.10. The maximum Gasteiger partial charge on any atom is 0.248 e. The lowest BCUT2D eigenvalue weighted by molar-refractivity contribution is -0.117. The predicted molar refractivity (Wildman–Crippen MR) is 62.0 cm³/mol. The Kier molecular flexibility index (Phi) is 3.63. The van der Waals surface area contributed by atoms with E-state index in [4.69, 9.17) is 11.5 Å². The van der Waals surface area contributed by atoms with Crippen molar-refractivity contribution in [3.05, 3.63) is 29.3 Å². The van der Waals surface area contributed by atoms with Gasteiger partial charge >= 0.3 is 0 Å². The number of hydrogen-bond donors (Lipinski definition) is 3. The van der Waals surface area contributed by atoms with Gasteiger partial charge in [-0.25, -0.2) is 0 Å². The number of hydrogen-bond acceptors (Lipinski definition) is 3. The number of anilines is 1. The minimum Gasteiger partial charge on any atom is -0.366 e. The van der Waals surface area contributed by atoms with Crippen LogP contribution in [-0.4, -0.2) is 17.9 Å². The first-order chi connectivity index (χ1) is 7.41. The third kappa shape index (κ3) is 2.80. The summed E-state index contributed by atoms with van der Waals surface area (Å²) in [6, 6.07) is 4.25. The number of amides is 2. The fraction of sp³-hybridized carbons (Fsp3) is 0.273. The second-order valence-electron chi connectivity index (χ2n) is 3.67. The number of nitrogens with two attached hydrogens (primary N) is 2. The van der Waals surface area contributed by atoms with Crippen molar-refractivity contribution in [3.8, 4) is 0 Å². The SMILES string of the molecule is Cc1cc(C(N)=O)ccc1NC(=O)[C@H](C)N. The van der Waals surface area contributed by atoms with Crippen molar-refractivity contribution >= 4 is 17.5 Å². The molecule has 5 nitrogen and oxygen atoms in total. The molecule has 0 aromatic heterocycles. The van der Waals surface area contributed by atoms with Crippen molar-refractivity contribution in [3.63, 3.8) is 0 Å². The molecule has 0 saturated heterocycles. The summed E-state index contributed by atoms with van der Waals surface area (Å²) in [7, 11) is 0. The normalized spacial score (nSPS) is 11.9. The molecule has 0 heterocycles. The summed E-state index contributed by atoms with van der Waals surface area (Å²) in [5.74, 6) is -0.761. The molecule has 0 radical (unpaired) electrons. The highest BCUT2D eigenvalue weighted by atomic mass is 16.2. The smallest absolute Gasteiger partial charge is 0.248 e. The summed E-state index contributed by atoms with van der Waals surface area (Å²) >= 11 is 0. The number of aryl methyl sites for hydroxylation is 1. The van der Waals surface area contributed by atoms with Gasteiger partial charge in [0.25, 0.3) is 0 Å². The molecule has 0 spiro atoms. The van der Waals surface area contributed by atoms with E-state index in [-0.39, 0.29) is 5.91 Å². The lowest BCUT2D eigenvalue weighted by Crippen LogP contribution is -2.32. The molecule has 0 aliphatic heterocycles. The summed E-state index contributed by atoms with van der Waals surface area (Å²) in [4.78, 5) is 22.3. The molecule has 0 unspecified atom stereocenters. The van der Waals surface area contributed by atoms with Crippen molar-refractivity contribution in [1.29, 1.82) is 0 Å². The average Bonchev–Trinajstić information content (AvgIpc) is 2.20. The van der Waals surface area contributed by atoms with E-state index in [1.165, 1.54) is 0 Å². The second kappa shape index (κ2) is 4.76. The highest BCUT2D eigenvalue weighted by Gasteiger charge is 2.10. The summed E-state index contributed by atoms with van der Waals surface area (Å²) in [6.45, 7) is 3.38. The van der Waals surface area contributed by atoms with E-state index in [1.54, 1.807) is 32.0 Å². The molecule has 5 N–H and O–H groups in total. The number of primary amides is 1. The van der Waals surface area contributed by atoms with Crippen LogP contribution in [0.3, 0.4) is 0 Å². The van der Waals surface area contributed by atoms with E-state index in [1.807, 2.05) is 0 Å². The van der Waals surface area contributed by atoms with Crippen LogP contribution >= 0.6 is 0 Å². The van der Waals surface area contributed by atoms with Gasteiger partial charge < -0.3 is 16.8 Å². The molecular weight excluding hydrogens is 206 g/mol. The zero-order valence-corrected chi connectivity index (χ0v) is 9.28. The van der Waals surface area contributed by atoms with Gasteiger partial charge in [0.15, 0.2) is 0 Å². The molecule has 0 aliphatic rings. The number of carbonyl (C=O) groups is 2. The average molecular weight is 221 g/mol. The topological polar surface area (TPSA) is 98.2 Å². The Labute approximate surface area is 93.8 Å². The molecule has 0 fully saturated rings. The standard InChI is InChI=1S/C11H15N3O2/c1-6-5-8(10(13)15)3-4-9(6)14-11(16)7(2)12/h3-5,7H,12H2,1-2H3,(H2,13,15)(H,14,16)/t7-/m0/s1. The highest BCUT2D eigenvalue weighted by molar-refractivity contribution is 5.97. The van der Waals surface area contributed by atoms with Gasteiger partial charge in [0, 0.05) is 11.3 Å². The largest absolute Gasteiger partial charge is 0.366 e. The van der Waals surface area contributed by atoms with Crippen LogP contribution in [-0.2, 0) is 4.79 Å². The van der Waals surface area contributed by atoms with Crippen LogP contribution in [0.2, 0.25) is 0 Å². The van der Waals surface area contributed by atoms with E-state index in [0.717, 1.165) is 5.56 Å². The van der Waals surface area contributed by atoms with E-state index in [2.05, 4.69) is 5.32 Å². The molecule has 1 aromatic carbocycles. The van der Waals surface area contributed by atoms with Crippen LogP contribution in [0.1, 0.15) is 22.8 Å². The minimum atomic E-state index is -0.574. The molecule has 16 heavy (non-hydrogen) atoms. The summed E-state index contributed by atoms with van der Waals surface area (Å²) in [5.41, 5.74) is 12.4. The maximum absolute atomic E-state index is 11.4.